The SMILES string of the molecule is CCCNCc1ccc(N2CC(C)OC(C)C2)c(Br)c1. The second-order valence-corrected chi connectivity index (χ2v) is 6.48. The van der Waals surface area contributed by atoms with Gasteiger partial charge in [-0.05, 0) is 60.4 Å². The van der Waals surface area contributed by atoms with Gasteiger partial charge in [0, 0.05) is 24.1 Å². The normalized spacial score (nSPS) is 23.1. The molecule has 1 aliphatic rings. The summed E-state index contributed by atoms with van der Waals surface area (Å²) in [6.45, 7) is 10.4. The molecule has 3 nitrogen and oxygen atoms in total. The van der Waals surface area contributed by atoms with Gasteiger partial charge in [-0.3, -0.25) is 0 Å². The van der Waals surface area contributed by atoms with Gasteiger partial charge in [-0.15, -0.1) is 0 Å². The van der Waals surface area contributed by atoms with E-state index in [1.165, 1.54) is 22.1 Å². The van der Waals surface area contributed by atoms with Crippen LogP contribution in [-0.2, 0) is 11.3 Å². The van der Waals surface area contributed by atoms with Crippen molar-refractivity contribution >= 4 is 21.6 Å². The van der Waals surface area contributed by atoms with Crippen LogP contribution in [0.25, 0.3) is 0 Å². The maximum absolute atomic E-state index is 5.80. The zero-order valence-corrected chi connectivity index (χ0v) is 14.2. The molecule has 1 aromatic rings. The number of nitrogens with zero attached hydrogens (tertiary/aromatic N) is 1. The van der Waals surface area contributed by atoms with Gasteiger partial charge in [-0.1, -0.05) is 13.0 Å². The molecule has 0 spiro atoms. The fourth-order valence-corrected chi connectivity index (χ4v) is 3.38. The Morgan fingerprint density at radius 2 is 2.00 bits per heavy atom. The van der Waals surface area contributed by atoms with Crippen LogP contribution >= 0.6 is 15.9 Å². The summed E-state index contributed by atoms with van der Waals surface area (Å²) in [7, 11) is 0. The van der Waals surface area contributed by atoms with Gasteiger partial charge >= 0.3 is 0 Å². The highest BCUT2D eigenvalue weighted by molar-refractivity contribution is 9.10. The van der Waals surface area contributed by atoms with Crippen molar-refractivity contribution in [2.75, 3.05) is 24.5 Å². The van der Waals surface area contributed by atoms with Gasteiger partial charge in [0.15, 0.2) is 0 Å². The molecule has 0 aliphatic carbocycles. The molecule has 1 N–H and O–H groups in total. The molecule has 2 unspecified atom stereocenters. The minimum absolute atomic E-state index is 0.288. The lowest BCUT2D eigenvalue weighted by Gasteiger charge is -2.37. The Labute approximate surface area is 130 Å². The summed E-state index contributed by atoms with van der Waals surface area (Å²) in [6, 6.07) is 6.66. The van der Waals surface area contributed by atoms with Crippen molar-refractivity contribution in [3.05, 3.63) is 28.2 Å². The largest absolute Gasteiger partial charge is 0.372 e. The quantitative estimate of drug-likeness (QED) is 0.829. The van der Waals surface area contributed by atoms with Crippen LogP contribution in [0.15, 0.2) is 22.7 Å². The molecule has 0 aromatic heterocycles. The molecule has 1 aromatic carbocycles. The lowest BCUT2D eigenvalue weighted by Crippen LogP contribution is -2.45. The predicted octanol–water partition coefficient (Wildman–Crippen LogP) is 3.56. The Bertz CT molecular complexity index is 428. The summed E-state index contributed by atoms with van der Waals surface area (Å²) >= 11 is 3.72. The molecule has 0 saturated carbocycles. The molecule has 4 heteroatoms. The monoisotopic (exact) mass is 340 g/mol. The number of benzene rings is 1. The van der Waals surface area contributed by atoms with E-state index in [1.54, 1.807) is 0 Å². The Balaban J connectivity index is 2.05. The molecular weight excluding hydrogens is 316 g/mol. The van der Waals surface area contributed by atoms with Gasteiger partial charge < -0.3 is 15.0 Å². The van der Waals surface area contributed by atoms with E-state index >= 15 is 0 Å². The average molecular weight is 341 g/mol. The molecule has 112 valence electrons. The van der Waals surface area contributed by atoms with Crippen molar-refractivity contribution in [2.24, 2.45) is 0 Å². The third kappa shape index (κ3) is 4.21. The van der Waals surface area contributed by atoms with E-state index in [0.717, 1.165) is 26.2 Å². The number of halogens is 1. The van der Waals surface area contributed by atoms with E-state index in [9.17, 15) is 0 Å². The number of morpholine rings is 1. The highest BCUT2D eigenvalue weighted by Gasteiger charge is 2.23. The Morgan fingerprint density at radius 1 is 1.30 bits per heavy atom. The Hall–Kier alpha value is -0.580. The highest BCUT2D eigenvalue weighted by atomic mass is 79.9. The van der Waals surface area contributed by atoms with Crippen molar-refractivity contribution in [1.82, 2.24) is 5.32 Å². The molecule has 0 bridgehead atoms. The van der Waals surface area contributed by atoms with E-state index in [4.69, 9.17) is 4.74 Å². The Kier molecular flexibility index (Phi) is 5.87. The molecule has 0 amide bonds. The zero-order valence-electron chi connectivity index (χ0n) is 12.7. The second-order valence-electron chi connectivity index (χ2n) is 5.62. The van der Waals surface area contributed by atoms with Crippen LogP contribution in [0.4, 0.5) is 5.69 Å². The van der Waals surface area contributed by atoms with Crippen LogP contribution in [0.2, 0.25) is 0 Å². The van der Waals surface area contributed by atoms with E-state index < -0.39 is 0 Å². The molecule has 1 aliphatic heterocycles. The standard InChI is InChI=1S/C16H25BrN2O/c1-4-7-18-9-14-5-6-16(15(17)8-14)19-10-12(2)20-13(3)11-19/h5-6,8,12-13,18H,4,7,9-11H2,1-3H3. The van der Waals surface area contributed by atoms with Crippen LogP contribution in [-0.4, -0.2) is 31.8 Å². The van der Waals surface area contributed by atoms with Crippen molar-refractivity contribution in [3.63, 3.8) is 0 Å². The lowest BCUT2D eigenvalue weighted by atomic mass is 10.1. The van der Waals surface area contributed by atoms with E-state index in [-0.39, 0.29) is 12.2 Å². The predicted molar refractivity (Wildman–Crippen MR) is 88.4 cm³/mol. The number of hydrogen-bond acceptors (Lipinski definition) is 3. The van der Waals surface area contributed by atoms with Crippen LogP contribution in [0.1, 0.15) is 32.8 Å². The zero-order chi connectivity index (χ0) is 14.5. The van der Waals surface area contributed by atoms with Gasteiger partial charge in [-0.25, -0.2) is 0 Å². The van der Waals surface area contributed by atoms with Crippen molar-refractivity contribution in [1.29, 1.82) is 0 Å². The van der Waals surface area contributed by atoms with E-state index in [2.05, 4.69) is 65.1 Å². The third-order valence-electron chi connectivity index (χ3n) is 3.53. The highest BCUT2D eigenvalue weighted by Crippen LogP contribution is 2.29. The number of nitrogens with one attached hydrogen (secondary N) is 1. The van der Waals surface area contributed by atoms with Gasteiger partial charge in [-0.2, -0.15) is 0 Å². The first-order chi connectivity index (χ1) is 9.60. The fraction of sp³-hybridized carbons (Fsp3) is 0.625. The van der Waals surface area contributed by atoms with Gasteiger partial charge in [0.1, 0.15) is 0 Å². The van der Waals surface area contributed by atoms with Crippen molar-refractivity contribution in [3.8, 4) is 0 Å². The summed E-state index contributed by atoms with van der Waals surface area (Å²) in [4.78, 5) is 2.41. The van der Waals surface area contributed by atoms with Gasteiger partial charge in [0.05, 0.1) is 17.9 Å². The third-order valence-corrected chi connectivity index (χ3v) is 4.16. The average Bonchev–Trinajstić information content (AvgIpc) is 2.38. The molecule has 20 heavy (non-hydrogen) atoms. The smallest absolute Gasteiger partial charge is 0.0726 e. The summed E-state index contributed by atoms with van der Waals surface area (Å²) in [5.41, 5.74) is 2.59. The van der Waals surface area contributed by atoms with Crippen LogP contribution in [0, 0.1) is 0 Å². The topological polar surface area (TPSA) is 24.5 Å². The molecule has 0 radical (unpaired) electrons. The second kappa shape index (κ2) is 7.43. The number of rotatable bonds is 5. The number of hydrogen-bond donors (Lipinski definition) is 1. The maximum Gasteiger partial charge on any atom is 0.0726 e. The molecule has 1 heterocycles. The van der Waals surface area contributed by atoms with E-state index in [1.807, 2.05) is 0 Å². The number of ether oxygens (including phenoxy) is 1. The summed E-state index contributed by atoms with van der Waals surface area (Å²) < 4.78 is 6.98. The van der Waals surface area contributed by atoms with Crippen molar-refractivity contribution in [2.45, 2.75) is 45.9 Å². The van der Waals surface area contributed by atoms with Crippen molar-refractivity contribution < 1.29 is 4.74 Å². The minimum atomic E-state index is 0.288. The molecule has 2 rings (SSSR count). The van der Waals surface area contributed by atoms with E-state index in [0.29, 0.717) is 0 Å². The van der Waals surface area contributed by atoms with Crippen LogP contribution in [0.5, 0.6) is 0 Å². The summed E-state index contributed by atoms with van der Waals surface area (Å²) in [5.74, 6) is 0. The lowest BCUT2D eigenvalue weighted by molar-refractivity contribution is -0.00525. The first-order valence-corrected chi connectivity index (χ1v) is 8.29. The van der Waals surface area contributed by atoms with Gasteiger partial charge in [0.2, 0.25) is 0 Å². The summed E-state index contributed by atoms with van der Waals surface area (Å²) in [6.07, 6.45) is 1.75. The summed E-state index contributed by atoms with van der Waals surface area (Å²) in [5, 5.41) is 3.44. The fourth-order valence-electron chi connectivity index (χ4n) is 2.70. The molecular formula is C16H25BrN2O. The maximum atomic E-state index is 5.80. The molecule has 2 atom stereocenters. The first-order valence-electron chi connectivity index (χ1n) is 7.49. The molecule has 1 saturated heterocycles. The Morgan fingerprint density at radius 3 is 2.60 bits per heavy atom. The van der Waals surface area contributed by atoms with Gasteiger partial charge in [0.25, 0.3) is 0 Å². The van der Waals surface area contributed by atoms with Crippen LogP contribution < -0.4 is 10.2 Å². The first kappa shape index (κ1) is 15.8. The minimum Gasteiger partial charge on any atom is -0.372 e. The molecule has 1 fully saturated rings. The van der Waals surface area contributed by atoms with Crippen LogP contribution in [0.3, 0.4) is 0 Å². The number of anilines is 1.